The largest absolute Gasteiger partial charge is 0.338 e. The minimum absolute atomic E-state index is 0.131. The first-order chi connectivity index (χ1) is 12.6. The summed E-state index contributed by atoms with van der Waals surface area (Å²) in [4.78, 5) is 34.3. The molecule has 1 aliphatic rings. The van der Waals surface area contributed by atoms with Gasteiger partial charge in [-0.2, -0.15) is 0 Å². The molecule has 0 atom stereocenters. The molecule has 1 aliphatic heterocycles. The van der Waals surface area contributed by atoms with E-state index in [0.29, 0.717) is 37.3 Å². The summed E-state index contributed by atoms with van der Waals surface area (Å²) in [5.74, 6) is 0.752. The standard InChI is InChI=1S/C21H27N3O2/c1-3-4-5-6-7-19(25)24-13-12-18-17(14-24)21(26)23-20(22-18)16-10-8-15(2)9-11-16/h8-11H,3-7,12-14H2,1-2H3,(H,22,23,26). The highest BCUT2D eigenvalue weighted by molar-refractivity contribution is 5.76. The number of fused-ring (bicyclic) bond motifs is 1. The molecule has 2 heterocycles. The zero-order valence-corrected chi connectivity index (χ0v) is 15.7. The minimum Gasteiger partial charge on any atom is -0.338 e. The fraction of sp³-hybridized carbons (Fsp3) is 0.476. The predicted octanol–water partition coefficient (Wildman–Crippen LogP) is 3.60. The molecule has 2 aromatic rings. The summed E-state index contributed by atoms with van der Waals surface area (Å²) in [6.07, 6.45) is 5.56. The Balaban J connectivity index is 1.73. The van der Waals surface area contributed by atoms with Crippen LogP contribution in [0.4, 0.5) is 0 Å². The van der Waals surface area contributed by atoms with Gasteiger partial charge in [0.1, 0.15) is 5.82 Å². The lowest BCUT2D eigenvalue weighted by Gasteiger charge is -2.28. The molecule has 26 heavy (non-hydrogen) atoms. The molecular formula is C21H27N3O2. The molecule has 0 radical (unpaired) electrons. The quantitative estimate of drug-likeness (QED) is 0.807. The Labute approximate surface area is 154 Å². The highest BCUT2D eigenvalue weighted by Gasteiger charge is 2.24. The van der Waals surface area contributed by atoms with Gasteiger partial charge in [0.2, 0.25) is 5.91 Å². The first-order valence-electron chi connectivity index (χ1n) is 9.55. The second kappa shape index (κ2) is 8.30. The normalized spacial score (nSPS) is 13.5. The topological polar surface area (TPSA) is 66.1 Å². The van der Waals surface area contributed by atoms with Crippen LogP contribution in [0.1, 0.15) is 55.8 Å². The Morgan fingerprint density at radius 1 is 1.19 bits per heavy atom. The average molecular weight is 353 g/mol. The molecule has 1 aromatic carbocycles. The second-order valence-electron chi connectivity index (χ2n) is 7.08. The van der Waals surface area contributed by atoms with Crippen LogP contribution in [0.3, 0.4) is 0 Å². The third kappa shape index (κ3) is 4.21. The smallest absolute Gasteiger partial charge is 0.256 e. The molecule has 0 unspecified atom stereocenters. The maximum Gasteiger partial charge on any atom is 0.256 e. The number of nitrogens with one attached hydrogen (secondary N) is 1. The van der Waals surface area contributed by atoms with Crippen LogP contribution in [0.25, 0.3) is 11.4 Å². The van der Waals surface area contributed by atoms with Gasteiger partial charge in [-0.15, -0.1) is 0 Å². The van der Waals surface area contributed by atoms with Crippen molar-refractivity contribution >= 4 is 5.91 Å². The van der Waals surface area contributed by atoms with Gasteiger partial charge in [-0.25, -0.2) is 4.98 Å². The lowest BCUT2D eigenvalue weighted by atomic mass is 10.0. The number of unbranched alkanes of at least 4 members (excludes halogenated alkanes) is 3. The van der Waals surface area contributed by atoms with E-state index < -0.39 is 0 Å². The maximum atomic E-state index is 12.6. The van der Waals surface area contributed by atoms with E-state index >= 15 is 0 Å². The number of aromatic amines is 1. The van der Waals surface area contributed by atoms with Gasteiger partial charge >= 0.3 is 0 Å². The van der Waals surface area contributed by atoms with Crippen LogP contribution < -0.4 is 5.56 Å². The predicted molar refractivity (Wildman–Crippen MR) is 103 cm³/mol. The number of hydrogen-bond donors (Lipinski definition) is 1. The van der Waals surface area contributed by atoms with Gasteiger partial charge < -0.3 is 9.88 Å². The lowest BCUT2D eigenvalue weighted by Crippen LogP contribution is -2.39. The number of aryl methyl sites for hydroxylation is 1. The Kier molecular flexibility index (Phi) is 5.86. The van der Waals surface area contributed by atoms with Crippen molar-refractivity contribution in [3.05, 3.63) is 51.4 Å². The average Bonchev–Trinajstić information content (AvgIpc) is 2.65. The van der Waals surface area contributed by atoms with Crippen molar-refractivity contribution in [2.24, 2.45) is 0 Å². The molecule has 0 aliphatic carbocycles. The zero-order chi connectivity index (χ0) is 18.5. The van der Waals surface area contributed by atoms with E-state index in [1.807, 2.05) is 31.2 Å². The number of carbonyl (C=O) groups is 1. The molecule has 138 valence electrons. The Bertz CT molecular complexity index is 824. The zero-order valence-electron chi connectivity index (χ0n) is 15.7. The van der Waals surface area contributed by atoms with Crippen LogP contribution in [-0.4, -0.2) is 27.3 Å². The number of rotatable bonds is 6. The number of amides is 1. The van der Waals surface area contributed by atoms with Crippen LogP contribution in [0.15, 0.2) is 29.1 Å². The number of carbonyl (C=O) groups excluding carboxylic acids is 1. The number of hydrogen-bond acceptors (Lipinski definition) is 3. The first kappa shape index (κ1) is 18.4. The van der Waals surface area contributed by atoms with Gasteiger partial charge in [-0.3, -0.25) is 9.59 Å². The molecule has 1 amide bonds. The summed E-state index contributed by atoms with van der Waals surface area (Å²) in [6, 6.07) is 7.95. The van der Waals surface area contributed by atoms with Gasteiger partial charge in [-0.1, -0.05) is 56.0 Å². The molecular weight excluding hydrogens is 326 g/mol. The maximum absolute atomic E-state index is 12.6. The molecule has 0 spiro atoms. The molecule has 1 aromatic heterocycles. The Morgan fingerprint density at radius 3 is 2.69 bits per heavy atom. The van der Waals surface area contributed by atoms with Crippen LogP contribution in [-0.2, 0) is 17.8 Å². The minimum atomic E-state index is -0.131. The van der Waals surface area contributed by atoms with Crippen LogP contribution in [0.5, 0.6) is 0 Å². The highest BCUT2D eigenvalue weighted by Crippen LogP contribution is 2.20. The molecule has 5 heteroatoms. The van der Waals surface area contributed by atoms with Crippen molar-refractivity contribution in [3.63, 3.8) is 0 Å². The van der Waals surface area contributed by atoms with Gasteiger partial charge in [-0.05, 0) is 13.3 Å². The van der Waals surface area contributed by atoms with Crippen LogP contribution >= 0.6 is 0 Å². The molecule has 0 bridgehead atoms. The van der Waals surface area contributed by atoms with E-state index in [4.69, 9.17) is 0 Å². The van der Waals surface area contributed by atoms with E-state index in [9.17, 15) is 9.59 Å². The van der Waals surface area contributed by atoms with Gasteiger partial charge in [0, 0.05) is 24.9 Å². The van der Waals surface area contributed by atoms with Gasteiger partial charge in [0.15, 0.2) is 0 Å². The van der Waals surface area contributed by atoms with Crippen molar-refractivity contribution in [2.75, 3.05) is 6.54 Å². The van der Waals surface area contributed by atoms with Crippen molar-refractivity contribution in [3.8, 4) is 11.4 Å². The van der Waals surface area contributed by atoms with Crippen molar-refractivity contribution in [1.82, 2.24) is 14.9 Å². The highest BCUT2D eigenvalue weighted by atomic mass is 16.2. The first-order valence-corrected chi connectivity index (χ1v) is 9.55. The summed E-state index contributed by atoms with van der Waals surface area (Å²) < 4.78 is 0. The summed E-state index contributed by atoms with van der Waals surface area (Å²) >= 11 is 0. The fourth-order valence-electron chi connectivity index (χ4n) is 3.35. The summed E-state index contributed by atoms with van der Waals surface area (Å²) in [5.41, 5.74) is 3.40. The third-order valence-corrected chi connectivity index (χ3v) is 4.99. The molecule has 3 rings (SSSR count). The van der Waals surface area contributed by atoms with Gasteiger partial charge in [0.25, 0.3) is 5.56 Å². The van der Waals surface area contributed by atoms with E-state index in [1.165, 1.54) is 12.0 Å². The van der Waals surface area contributed by atoms with Crippen molar-refractivity contribution in [1.29, 1.82) is 0 Å². The Hall–Kier alpha value is -2.43. The summed E-state index contributed by atoms with van der Waals surface area (Å²) in [7, 11) is 0. The number of nitrogens with zero attached hydrogens (tertiary/aromatic N) is 2. The summed E-state index contributed by atoms with van der Waals surface area (Å²) in [6.45, 7) is 5.20. The molecule has 1 N–H and O–H groups in total. The van der Waals surface area contributed by atoms with Crippen molar-refractivity contribution < 1.29 is 4.79 Å². The second-order valence-corrected chi connectivity index (χ2v) is 7.08. The van der Waals surface area contributed by atoms with E-state index in [-0.39, 0.29) is 11.5 Å². The van der Waals surface area contributed by atoms with Crippen LogP contribution in [0, 0.1) is 6.92 Å². The molecule has 5 nitrogen and oxygen atoms in total. The summed E-state index contributed by atoms with van der Waals surface area (Å²) in [5, 5.41) is 0. The fourth-order valence-corrected chi connectivity index (χ4v) is 3.35. The Morgan fingerprint density at radius 2 is 1.96 bits per heavy atom. The molecule has 0 saturated heterocycles. The monoisotopic (exact) mass is 353 g/mol. The van der Waals surface area contributed by atoms with E-state index in [2.05, 4.69) is 16.9 Å². The number of benzene rings is 1. The SMILES string of the molecule is CCCCCCC(=O)N1CCc2nc(-c3ccc(C)cc3)[nH]c(=O)c2C1. The van der Waals surface area contributed by atoms with Crippen molar-refractivity contribution in [2.45, 2.75) is 58.9 Å². The number of H-pyrrole nitrogens is 1. The molecule has 0 fully saturated rings. The third-order valence-electron chi connectivity index (χ3n) is 4.99. The van der Waals surface area contributed by atoms with E-state index in [0.717, 1.165) is 30.5 Å². The lowest BCUT2D eigenvalue weighted by molar-refractivity contribution is -0.132. The van der Waals surface area contributed by atoms with E-state index in [1.54, 1.807) is 4.90 Å². The van der Waals surface area contributed by atoms with Gasteiger partial charge in [0.05, 0.1) is 17.8 Å². The van der Waals surface area contributed by atoms with Crippen LogP contribution in [0.2, 0.25) is 0 Å². The number of aromatic nitrogens is 2. The molecule has 0 saturated carbocycles.